The number of amides is 2. The molecule has 112 valence electrons. The highest BCUT2D eigenvalue weighted by Gasteiger charge is 2.29. The minimum absolute atomic E-state index is 0.0200. The molecule has 10 heteroatoms. The van der Waals surface area contributed by atoms with E-state index in [9.17, 15) is 22.8 Å². The number of imidazole rings is 1. The molecule has 0 aromatic carbocycles. The Balaban J connectivity index is 2.56. The van der Waals surface area contributed by atoms with Crippen LogP contribution in [0.15, 0.2) is 12.5 Å². The monoisotopic (exact) mass is 294 g/mol. The van der Waals surface area contributed by atoms with E-state index in [1.807, 2.05) is 0 Å². The molecule has 3 N–H and O–H groups in total. The summed E-state index contributed by atoms with van der Waals surface area (Å²) in [4.78, 5) is 29.2. The molecule has 1 rings (SSSR count). The normalized spacial score (nSPS) is 12.6. The van der Waals surface area contributed by atoms with E-state index in [0.717, 1.165) is 7.11 Å². The van der Waals surface area contributed by atoms with Crippen molar-refractivity contribution in [3.05, 3.63) is 18.2 Å². The first-order valence-electron chi connectivity index (χ1n) is 5.48. The zero-order chi connectivity index (χ0) is 15.2. The van der Waals surface area contributed by atoms with Gasteiger partial charge >= 0.3 is 18.2 Å². The molecule has 1 aromatic heterocycles. The average molecular weight is 294 g/mol. The third-order valence-electron chi connectivity index (χ3n) is 2.22. The molecule has 0 aliphatic rings. The number of esters is 1. The highest BCUT2D eigenvalue weighted by Crippen LogP contribution is 2.12. The molecule has 0 aliphatic carbocycles. The van der Waals surface area contributed by atoms with Gasteiger partial charge in [-0.25, -0.2) is 14.6 Å². The molecule has 1 heterocycles. The topological polar surface area (TPSA) is 96.1 Å². The Morgan fingerprint density at radius 1 is 1.50 bits per heavy atom. The highest BCUT2D eigenvalue weighted by atomic mass is 19.4. The number of hydrogen-bond donors (Lipinski definition) is 3. The molecule has 0 saturated carbocycles. The van der Waals surface area contributed by atoms with Gasteiger partial charge in [0.15, 0.2) is 0 Å². The van der Waals surface area contributed by atoms with Crippen LogP contribution in [0.3, 0.4) is 0 Å². The Hall–Kier alpha value is -2.26. The molecule has 0 unspecified atom stereocenters. The van der Waals surface area contributed by atoms with Crippen LogP contribution in [0, 0.1) is 0 Å². The van der Waals surface area contributed by atoms with Crippen molar-refractivity contribution in [1.29, 1.82) is 0 Å². The summed E-state index contributed by atoms with van der Waals surface area (Å²) in [6, 6.07) is -2.23. The summed E-state index contributed by atoms with van der Waals surface area (Å²) in [7, 11) is 1.11. The second kappa shape index (κ2) is 6.78. The lowest BCUT2D eigenvalue weighted by molar-refractivity contribution is -0.142. The van der Waals surface area contributed by atoms with Crippen LogP contribution in [0.5, 0.6) is 0 Å². The molecule has 0 spiro atoms. The summed E-state index contributed by atoms with van der Waals surface area (Å²) >= 11 is 0. The number of alkyl halides is 3. The van der Waals surface area contributed by atoms with Gasteiger partial charge in [0, 0.05) is 18.3 Å². The summed E-state index contributed by atoms with van der Waals surface area (Å²) in [5.74, 6) is -0.776. The SMILES string of the molecule is COC(=O)[C@H](Cc1cnc[nH]1)NC(=O)NCC(F)(F)F. The lowest BCUT2D eigenvalue weighted by Crippen LogP contribution is -2.49. The molecule has 20 heavy (non-hydrogen) atoms. The van der Waals surface area contributed by atoms with Gasteiger partial charge in [0.2, 0.25) is 0 Å². The second-order valence-corrected chi connectivity index (χ2v) is 3.80. The standard InChI is InChI=1S/C10H13F3N4O3/c1-20-8(18)7(2-6-3-14-5-16-6)17-9(19)15-4-10(11,12)13/h3,5,7H,2,4H2,1H3,(H,14,16)(H2,15,17,19)/t7-/m0/s1. The van der Waals surface area contributed by atoms with Crippen LogP contribution in [0.2, 0.25) is 0 Å². The van der Waals surface area contributed by atoms with Crippen molar-refractivity contribution in [3.63, 3.8) is 0 Å². The van der Waals surface area contributed by atoms with Crippen LogP contribution in [-0.4, -0.2) is 47.8 Å². The van der Waals surface area contributed by atoms with E-state index in [2.05, 4.69) is 20.0 Å². The van der Waals surface area contributed by atoms with Gasteiger partial charge in [-0.1, -0.05) is 0 Å². The minimum Gasteiger partial charge on any atom is -0.467 e. The minimum atomic E-state index is -4.53. The van der Waals surface area contributed by atoms with Gasteiger partial charge in [0.05, 0.1) is 13.4 Å². The van der Waals surface area contributed by atoms with Gasteiger partial charge in [-0.15, -0.1) is 0 Å². The molecule has 0 saturated heterocycles. The van der Waals surface area contributed by atoms with Crippen LogP contribution in [0.4, 0.5) is 18.0 Å². The zero-order valence-corrected chi connectivity index (χ0v) is 10.5. The molecule has 1 atom stereocenters. The van der Waals surface area contributed by atoms with Crippen molar-refractivity contribution in [2.75, 3.05) is 13.7 Å². The fraction of sp³-hybridized carbons (Fsp3) is 0.500. The van der Waals surface area contributed by atoms with E-state index in [1.165, 1.54) is 12.5 Å². The number of H-pyrrole nitrogens is 1. The number of rotatable bonds is 5. The number of aromatic amines is 1. The maximum absolute atomic E-state index is 11.9. The van der Waals surface area contributed by atoms with Gasteiger partial charge in [-0.2, -0.15) is 13.2 Å². The van der Waals surface area contributed by atoms with Gasteiger partial charge in [-0.3, -0.25) is 0 Å². The van der Waals surface area contributed by atoms with Crippen molar-refractivity contribution >= 4 is 12.0 Å². The predicted molar refractivity (Wildman–Crippen MR) is 60.7 cm³/mol. The first-order chi connectivity index (χ1) is 9.31. The quantitative estimate of drug-likeness (QED) is 0.683. The van der Waals surface area contributed by atoms with Crippen LogP contribution in [0.25, 0.3) is 0 Å². The lowest BCUT2D eigenvalue weighted by atomic mass is 10.1. The Labute approximate surface area is 111 Å². The van der Waals surface area contributed by atoms with Gasteiger partial charge in [-0.05, 0) is 0 Å². The number of hydrogen-bond acceptors (Lipinski definition) is 4. The Kier molecular flexibility index (Phi) is 5.35. The number of carbonyl (C=O) groups excluding carboxylic acids is 2. The molecule has 0 fully saturated rings. The van der Waals surface area contributed by atoms with Crippen LogP contribution in [-0.2, 0) is 16.0 Å². The number of nitrogens with one attached hydrogen (secondary N) is 3. The second-order valence-electron chi connectivity index (χ2n) is 3.80. The van der Waals surface area contributed by atoms with Crippen molar-refractivity contribution in [2.45, 2.75) is 18.6 Å². The largest absolute Gasteiger partial charge is 0.467 e. The van der Waals surface area contributed by atoms with Crippen LogP contribution >= 0.6 is 0 Å². The number of halogens is 3. The number of urea groups is 1. The zero-order valence-electron chi connectivity index (χ0n) is 10.5. The van der Waals surface area contributed by atoms with E-state index in [1.54, 1.807) is 5.32 Å². The average Bonchev–Trinajstić information content (AvgIpc) is 2.86. The third kappa shape index (κ3) is 5.59. The number of nitrogens with zero attached hydrogens (tertiary/aromatic N) is 1. The van der Waals surface area contributed by atoms with Gasteiger partial charge < -0.3 is 20.4 Å². The molecule has 1 aromatic rings. The maximum Gasteiger partial charge on any atom is 0.405 e. The van der Waals surface area contributed by atoms with Crippen molar-refractivity contribution in [1.82, 2.24) is 20.6 Å². The van der Waals surface area contributed by atoms with E-state index in [-0.39, 0.29) is 6.42 Å². The summed E-state index contributed by atoms with van der Waals surface area (Å²) < 4.78 is 40.3. The van der Waals surface area contributed by atoms with E-state index in [0.29, 0.717) is 5.69 Å². The highest BCUT2D eigenvalue weighted by molar-refractivity contribution is 5.83. The van der Waals surface area contributed by atoms with Crippen molar-refractivity contribution in [2.24, 2.45) is 0 Å². The summed E-state index contributed by atoms with van der Waals surface area (Å²) in [5, 5.41) is 3.71. The number of ether oxygens (including phenoxy) is 1. The molecule has 0 aliphatic heterocycles. The van der Waals surface area contributed by atoms with Gasteiger partial charge in [0.25, 0.3) is 0 Å². The predicted octanol–water partition coefficient (Wildman–Crippen LogP) is 0.355. The van der Waals surface area contributed by atoms with Crippen molar-refractivity contribution < 1.29 is 27.5 Å². The van der Waals surface area contributed by atoms with Crippen LogP contribution < -0.4 is 10.6 Å². The fourth-order valence-corrected chi connectivity index (χ4v) is 1.34. The molecule has 2 amide bonds. The number of aromatic nitrogens is 2. The van der Waals surface area contributed by atoms with Crippen LogP contribution in [0.1, 0.15) is 5.69 Å². The molecule has 0 bridgehead atoms. The fourth-order valence-electron chi connectivity index (χ4n) is 1.34. The Bertz CT molecular complexity index is 447. The third-order valence-corrected chi connectivity index (χ3v) is 2.22. The Morgan fingerprint density at radius 3 is 2.70 bits per heavy atom. The smallest absolute Gasteiger partial charge is 0.405 e. The summed E-state index contributed by atoms with van der Waals surface area (Å²) in [5.41, 5.74) is 0.525. The van der Waals surface area contributed by atoms with Crippen molar-refractivity contribution in [3.8, 4) is 0 Å². The van der Waals surface area contributed by atoms with E-state index in [4.69, 9.17) is 0 Å². The van der Waals surface area contributed by atoms with Gasteiger partial charge in [0.1, 0.15) is 12.6 Å². The summed E-state index contributed by atoms with van der Waals surface area (Å²) in [6.07, 6.45) is -1.72. The number of methoxy groups -OCH3 is 1. The molecular weight excluding hydrogens is 281 g/mol. The molecule has 0 radical (unpaired) electrons. The summed E-state index contributed by atoms with van der Waals surface area (Å²) in [6.45, 7) is -1.49. The lowest BCUT2D eigenvalue weighted by Gasteiger charge is -2.16. The van der Waals surface area contributed by atoms with E-state index < -0.39 is 30.8 Å². The first kappa shape index (κ1) is 15.8. The first-order valence-corrected chi connectivity index (χ1v) is 5.48. The maximum atomic E-state index is 11.9. The Morgan fingerprint density at radius 2 is 2.20 bits per heavy atom. The number of carbonyl (C=O) groups is 2. The van der Waals surface area contributed by atoms with E-state index >= 15 is 0 Å². The molecular formula is C10H13F3N4O3. The molecule has 7 nitrogen and oxygen atoms in total.